The average molecular weight is 274 g/mol. The summed E-state index contributed by atoms with van der Waals surface area (Å²) in [5.41, 5.74) is 0.971. The summed E-state index contributed by atoms with van der Waals surface area (Å²) in [6, 6.07) is 6.52. The predicted molar refractivity (Wildman–Crippen MR) is 65.4 cm³/mol. The van der Waals surface area contributed by atoms with Crippen molar-refractivity contribution in [3.8, 4) is 0 Å². The first-order chi connectivity index (χ1) is 8.34. The Balaban J connectivity index is 2.19. The quantitative estimate of drug-likeness (QED) is 0.845. The van der Waals surface area contributed by atoms with E-state index < -0.39 is 33.3 Å². The first-order valence-electron chi connectivity index (χ1n) is 5.92. The van der Waals surface area contributed by atoms with Gasteiger partial charge in [0.2, 0.25) is 6.43 Å². The number of hydrogen-bond acceptors (Lipinski definition) is 2. The number of alkyl halides is 2. The summed E-state index contributed by atoms with van der Waals surface area (Å²) in [7, 11) is -3.49. The Labute approximate surface area is 106 Å². The molecule has 2 nitrogen and oxygen atoms in total. The summed E-state index contributed by atoms with van der Waals surface area (Å²) in [6.07, 6.45) is -2.10. The molecule has 0 spiro atoms. The zero-order chi connectivity index (χ0) is 13.5. The standard InChI is InChI=1S/C13H16F2O2S/c1-8-3-5-10(6-4-8)18(16,17)9(2)11-7-12(11)13(14)15/h3-6,9,11-13H,7H2,1-2H3/t9?,11-,12+/m0/s1. The molecule has 3 atom stereocenters. The van der Waals surface area contributed by atoms with Gasteiger partial charge in [-0.25, -0.2) is 17.2 Å². The lowest BCUT2D eigenvalue weighted by atomic mass is 10.2. The number of rotatable bonds is 4. The van der Waals surface area contributed by atoms with Crippen molar-refractivity contribution in [2.24, 2.45) is 11.8 Å². The van der Waals surface area contributed by atoms with Gasteiger partial charge in [0.05, 0.1) is 10.1 Å². The molecule has 0 amide bonds. The topological polar surface area (TPSA) is 34.1 Å². The van der Waals surface area contributed by atoms with Crippen LogP contribution in [0.3, 0.4) is 0 Å². The number of halogens is 2. The minimum atomic E-state index is -3.49. The molecule has 5 heteroatoms. The summed E-state index contributed by atoms with van der Waals surface area (Å²) in [6.45, 7) is 3.40. The van der Waals surface area contributed by atoms with Crippen molar-refractivity contribution >= 4 is 9.84 Å². The summed E-state index contributed by atoms with van der Waals surface area (Å²) in [5.74, 6) is -1.16. The van der Waals surface area contributed by atoms with Crippen LogP contribution in [0.4, 0.5) is 8.78 Å². The molecule has 0 N–H and O–H groups in total. The van der Waals surface area contributed by atoms with Crippen LogP contribution < -0.4 is 0 Å². The molecule has 0 saturated heterocycles. The van der Waals surface area contributed by atoms with Crippen molar-refractivity contribution in [2.75, 3.05) is 0 Å². The van der Waals surface area contributed by atoms with Crippen LogP contribution in [0, 0.1) is 18.8 Å². The lowest BCUT2D eigenvalue weighted by Crippen LogP contribution is -2.22. The Morgan fingerprint density at radius 1 is 1.17 bits per heavy atom. The van der Waals surface area contributed by atoms with Crippen LogP contribution in [0.25, 0.3) is 0 Å². The van der Waals surface area contributed by atoms with Crippen LogP contribution in [0.1, 0.15) is 18.9 Å². The van der Waals surface area contributed by atoms with E-state index in [2.05, 4.69) is 0 Å². The lowest BCUT2D eigenvalue weighted by molar-refractivity contribution is 0.116. The van der Waals surface area contributed by atoms with Crippen LogP contribution in [0.15, 0.2) is 29.2 Å². The van der Waals surface area contributed by atoms with Gasteiger partial charge in [-0.15, -0.1) is 0 Å². The molecule has 1 aromatic rings. The second-order valence-corrected chi connectivity index (χ2v) is 7.27. The summed E-state index contributed by atoms with van der Waals surface area (Å²) >= 11 is 0. The molecule has 1 aliphatic rings. The van der Waals surface area contributed by atoms with Crippen molar-refractivity contribution < 1.29 is 17.2 Å². The Hall–Kier alpha value is -0.970. The van der Waals surface area contributed by atoms with Gasteiger partial charge in [-0.3, -0.25) is 0 Å². The highest BCUT2D eigenvalue weighted by atomic mass is 32.2. The Morgan fingerprint density at radius 3 is 2.17 bits per heavy atom. The number of aryl methyl sites for hydroxylation is 1. The first kappa shape index (κ1) is 13.5. The highest BCUT2D eigenvalue weighted by Gasteiger charge is 2.50. The Kier molecular flexibility index (Phi) is 3.45. The minimum Gasteiger partial charge on any atom is -0.223 e. The average Bonchev–Trinajstić information content (AvgIpc) is 3.08. The molecule has 0 radical (unpaired) electrons. The van der Waals surface area contributed by atoms with Crippen molar-refractivity contribution in [3.05, 3.63) is 29.8 Å². The van der Waals surface area contributed by atoms with Gasteiger partial charge in [0, 0.05) is 5.92 Å². The fourth-order valence-electron chi connectivity index (χ4n) is 2.24. The second kappa shape index (κ2) is 4.61. The van der Waals surface area contributed by atoms with Crippen LogP contribution in [0.5, 0.6) is 0 Å². The monoisotopic (exact) mass is 274 g/mol. The maximum Gasteiger partial charge on any atom is 0.241 e. The molecule has 0 heterocycles. The second-order valence-electron chi connectivity index (χ2n) is 4.96. The maximum absolute atomic E-state index is 12.5. The first-order valence-corrected chi connectivity index (χ1v) is 7.47. The van der Waals surface area contributed by atoms with Crippen LogP contribution in [0.2, 0.25) is 0 Å². The largest absolute Gasteiger partial charge is 0.241 e. The molecule has 1 fully saturated rings. The molecule has 0 bridgehead atoms. The van der Waals surface area contributed by atoms with Crippen molar-refractivity contribution in [3.63, 3.8) is 0 Å². The maximum atomic E-state index is 12.5. The van der Waals surface area contributed by atoms with Crippen molar-refractivity contribution in [1.82, 2.24) is 0 Å². The molecule has 1 saturated carbocycles. The van der Waals surface area contributed by atoms with Crippen molar-refractivity contribution in [1.29, 1.82) is 0 Å². The van der Waals surface area contributed by atoms with Gasteiger partial charge in [-0.2, -0.15) is 0 Å². The fraction of sp³-hybridized carbons (Fsp3) is 0.538. The molecule has 100 valence electrons. The molecular weight excluding hydrogens is 258 g/mol. The summed E-state index contributed by atoms with van der Waals surface area (Å²) in [5, 5.41) is -0.737. The van der Waals surface area contributed by atoms with E-state index in [1.165, 1.54) is 6.92 Å². The van der Waals surface area contributed by atoms with E-state index in [1.807, 2.05) is 6.92 Å². The van der Waals surface area contributed by atoms with Gasteiger partial charge in [0.15, 0.2) is 9.84 Å². The summed E-state index contributed by atoms with van der Waals surface area (Å²) < 4.78 is 49.5. The zero-order valence-electron chi connectivity index (χ0n) is 10.3. The molecule has 1 unspecified atom stereocenters. The van der Waals surface area contributed by atoms with E-state index in [9.17, 15) is 17.2 Å². The van der Waals surface area contributed by atoms with Crippen LogP contribution in [-0.2, 0) is 9.84 Å². The Bertz CT molecular complexity index is 522. The third kappa shape index (κ3) is 2.41. The number of sulfone groups is 1. The summed E-state index contributed by atoms with van der Waals surface area (Å²) in [4.78, 5) is 0.223. The van der Waals surface area contributed by atoms with E-state index in [4.69, 9.17) is 0 Å². The van der Waals surface area contributed by atoms with Gasteiger partial charge in [-0.05, 0) is 38.3 Å². The molecule has 0 aliphatic heterocycles. The molecule has 18 heavy (non-hydrogen) atoms. The van der Waals surface area contributed by atoms with Gasteiger partial charge in [-0.1, -0.05) is 17.7 Å². The number of benzene rings is 1. The van der Waals surface area contributed by atoms with Gasteiger partial charge >= 0.3 is 0 Å². The number of hydrogen-bond donors (Lipinski definition) is 0. The van der Waals surface area contributed by atoms with Gasteiger partial charge in [0.25, 0.3) is 0 Å². The van der Waals surface area contributed by atoms with Gasteiger partial charge in [0.1, 0.15) is 0 Å². The zero-order valence-corrected chi connectivity index (χ0v) is 11.1. The third-order valence-corrected chi connectivity index (χ3v) is 5.91. The highest BCUT2D eigenvalue weighted by molar-refractivity contribution is 7.92. The molecule has 0 aromatic heterocycles. The van der Waals surface area contributed by atoms with Crippen LogP contribution >= 0.6 is 0 Å². The molecule has 2 rings (SSSR count). The predicted octanol–water partition coefficient (Wildman–Crippen LogP) is 3.06. The normalized spacial score (nSPS) is 25.2. The highest BCUT2D eigenvalue weighted by Crippen LogP contribution is 2.48. The van der Waals surface area contributed by atoms with Gasteiger partial charge < -0.3 is 0 Å². The Morgan fingerprint density at radius 2 is 1.72 bits per heavy atom. The molecule has 1 aliphatic carbocycles. The molecular formula is C13H16F2O2S. The molecule has 1 aromatic carbocycles. The van der Waals surface area contributed by atoms with E-state index in [-0.39, 0.29) is 4.90 Å². The van der Waals surface area contributed by atoms with E-state index in [0.29, 0.717) is 6.42 Å². The SMILES string of the molecule is Cc1ccc(S(=O)(=O)C(C)[C@@H]2C[C@H]2C(F)F)cc1. The third-order valence-electron chi connectivity index (χ3n) is 3.66. The smallest absolute Gasteiger partial charge is 0.223 e. The lowest BCUT2D eigenvalue weighted by Gasteiger charge is -2.13. The van der Waals surface area contributed by atoms with Crippen LogP contribution in [-0.4, -0.2) is 20.1 Å². The van der Waals surface area contributed by atoms with E-state index in [1.54, 1.807) is 24.3 Å². The van der Waals surface area contributed by atoms with E-state index >= 15 is 0 Å². The van der Waals surface area contributed by atoms with E-state index in [0.717, 1.165) is 5.56 Å². The minimum absolute atomic E-state index is 0.223. The fourth-order valence-corrected chi connectivity index (χ4v) is 3.96. The van der Waals surface area contributed by atoms with Crippen molar-refractivity contribution in [2.45, 2.75) is 36.8 Å².